The number of methoxy groups -OCH3 is 1. The standard InChI is InChI=1S/C28H30N2O5S/c1-5-7-16-35-22-12-8-19(9-13-22)17-23-26(31)30-25(20-10-14-21(33-4)15-11-20)24(27(32)34-6-2)18(3)29-28(30)36-23/h8-15,17,25H,5-7,16H2,1-4H3. The molecule has 8 heteroatoms. The molecule has 7 nitrogen and oxygen atoms in total. The van der Waals surface area contributed by atoms with Gasteiger partial charge in [-0.25, -0.2) is 9.79 Å². The van der Waals surface area contributed by atoms with Crippen molar-refractivity contribution in [2.75, 3.05) is 20.3 Å². The summed E-state index contributed by atoms with van der Waals surface area (Å²) in [5.74, 6) is 1.01. The lowest BCUT2D eigenvalue weighted by Crippen LogP contribution is -2.39. The lowest BCUT2D eigenvalue weighted by Gasteiger charge is -2.24. The third-order valence-corrected chi connectivity index (χ3v) is 6.88. The molecule has 0 fully saturated rings. The van der Waals surface area contributed by atoms with E-state index >= 15 is 0 Å². The smallest absolute Gasteiger partial charge is 0.338 e. The van der Waals surface area contributed by atoms with Crippen LogP contribution in [0.3, 0.4) is 0 Å². The molecule has 3 aromatic rings. The largest absolute Gasteiger partial charge is 0.497 e. The van der Waals surface area contributed by atoms with Crippen molar-refractivity contribution < 1.29 is 19.0 Å². The van der Waals surface area contributed by atoms with E-state index in [4.69, 9.17) is 14.2 Å². The molecule has 0 aliphatic carbocycles. The monoisotopic (exact) mass is 506 g/mol. The molecular weight excluding hydrogens is 476 g/mol. The highest BCUT2D eigenvalue weighted by molar-refractivity contribution is 7.07. The van der Waals surface area contributed by atoms with Crippen LogP contribution >= 0.6 is 11.3 Å². The van der Waals surface area contributed by atoms with E-state index in [0.717, 1.165) is 29.7 Å². The number of carbonyl (C=O) groups is 1. The molecule has 1 atom stereocenters. The zero-order valence-electron chi connectivity index (χ0n) is 20.9. The molecule has 0 radical (unpaired) electrons. The van der Waals surface area contributed by atoms with Crippen LogP contribution in [-0.4, -0.2) is 30.9 Å². The Labute approximate surface area is 214 Å². The van der Waals surface area contributed by atoms with Crippen molar-refractivity contribution in [3.8, 4) is 11.5 Å². The van der Waals surface area contributed by atoms with Crippen LogP contribution in [0, 0.1) is 0 Å². The van der Waals surface area contributed by atoms with Gasteiger partial charge in [0.2, 0.25) is 0 Å². The Kier molecular flexibility index (Phi) is 8.05. The molecule has 0 amide bonds. The summed E-state index contributed by atoms with van der Waals surface area (Å²) in [4.78, 5) is 31.8. The fourth-order valence-electron chi connectivity index (χ4n) is 4.04. The zero-order chi connectivity index (χ0) is 25.7. The summed E-state index contributed by atoms with van der Waals surface area (Å²) in [6, 6.07) is 14.4. The van der Waals surface area contributed by atoms with Crippen molar-refractivity contribution in [3.05, 3.63) is 90.6 Å². The van der Waals surface area contributed by atoms with E-state index in [0.29, 0.717) is 33.0 Å². The molecule has 0 bridgehead atoms. The average Bonchev–Trinajstić information content (AvgIpc) is 3.18. The van der Waals surface area contributed by atoms with Gasteiger partial charge in [0.25, 0.3) is 5.56 Å². The molecule has 188 valence electrons. The van der Waals surface area contributed by atoms with Crippen LogP contribution in [0.4, 0.5) is 0 Å². The maximum Gasteiger partial charge on any atom is 0.338 e. The number of hydrogen-bond donors (Lipinski definition) is 0. The average molecular weight is 507 g/mol. The molecule has 1 aliphatic rings. The minimum absolute atomic E-state index is 0.211. The number of hydrogen-bond acceptors (Lipinski definition) is 7. The van der Waals surface area contributed by atoms with Crippen molar-refractivity contribution >= 4 is 23.4 Å². The Bertz CT molecular complexity index is 1430. The third kappa shape index (κ3) is 5.28. The highest BCUT2D eigenvalue weighted by atomic mass is 32.1. The molecule has 4 rings (SSSR count). The van der Waals surface area contributed by atoms with Crippen LogP contribution in [0.1, 0.15) is 50.8 Å². The number of thiazole rings is 1. The number of aromatic nitrogens is 1. The van der Waals surface area contributed by atoms with E-state index in [2.05, 4.69) is 11.9 Å². The Hall–Kier alpha value is -3.65. The molecular formula is C28H30N2O5S. The first-order valence-electron chi connectivity index (χ1n) is 12.0. The summed E-state index contributed by atoms with van der Waals surface area (Å²) >= 11 is 1.30. The molecule has 2 heterocycles. The maximum absolute atomic E-state index is 13.7. The quantitative estimate of drug-likeness (QED) is 0.324. The normalized spacial score (nSPS) is 15.3. The van der Waals surface area contributed by atoms with Gasteiger partial charge in [-0.15, -0.1) is 0 Å². The molecule has 0 saturated carbocycles. The van der Waals surface area contributed by atoms with Crippen molar-refractivity contribution in [2.45, 2.75) is 39.7 Å². The predicted molar refractivity (Wildman–Crippen MR) is 140 cm³/mol. The van der Waals surface area contributed by atoms with E-state index in [1.807, 2.05) is 54.6 Å². The summed E-state index contributed by atoms with van der Waals surface area (Å²) in [6.45, 7) is 6.57. The van der Waals surface area contributed by atoms with Gasteiger partial charge in [-0.3, -0.25) is 9.36 Å². The topological polar surface area (TPSA) is 79.1 Å². The maximum atomic E-state index is 13.7. The van der Waals surface area contributed by atoms with Gasteiger partial charge in [-0.1, -0.05) is 48.9 Å². The van der Waals surface area contributed by atoms with Crippen LogP contribution in [-0.2, 0) is 9.53 Å². The number of esters is 1. The van der Waals surface area contributed by atoms with Gasteiger partial charge in [-0.05, 0) is 61.7 Å². The molecule has 0 spiro atoms. The van der Waals surface area contributed by atoms with Crippen molar-refractivity contribution in [3.63, 3.8) is 0 Å². The fraction of sp³-hybridized carbons (Fsp3) is 0.321. The zero-order valence-corrected chi connectivity index (χ0v) is 21.8. The third-order valence-electron chi connectivity index (χ3n) is 5.89. The van der Waals surface area contributed by atoms with E-state index in [9.17, 15) is 9.59 Å². The highest BCUT2D eigenvalue weighted by Gasteiger charge is 2.33. The Morgan fingerprint density at radius 1 is 1.08 bits per heavy atom. The number of rotatable bonds is 9. The summed E-state index contributed by atoms with van der Waals surface area (Å²) in [7, 11) is 1.59. The first-order valence-corrected chi connectivity index (χ1v) is 12.8. The molecule has 0 N–H and O–H groups in total. The van der Waals surface area contributed by atoms with Gasteiger partial charge >= 0.3 is 5.97 Å². The minimum Gasteiger partial charge on any atom is -0.497 e. The molecule has 1 unspecified atom stereocenters. The van der Waals surface area contributed by atoms with Crippen LogP contribution in [0.2, 0.25) is 0 Å². The van der Waals surface area contributed by atoms with Crippen LogP contribution in [0.5, 0.6) is 11.5 Å². The lowest BCUT2D eigenvalue weighted by molar-refractivity contribution is -0.139. The van der Waals surface area contributed by atoms with Crippen LogP contribution < -0.4 is 24.4 Å². The van der Waals surface area contributed by atoms with E-state index in [1.165, 1.54) is 11.3 Å². The van der Waals surface area contributed by atoms with Gasteiger partial charge in [0.15, 0.2) is 4.80 Å². The van der Waals surface area contributed by atoms with E-state index in [-0.39, 0.29) is 12.2 Å². The summed E-state index contributed by atoms with van der Waals surface area (Å²) in [6.07, 6.45) is 3.92. The Balaban J connectivity index is 1.79. The number of benzene rings is 2. The number of unbranched alkanes of at least 4 members (excludes halogenated alkanes) is 1. The fourth-order valence-corrected chi connectivity index (χ4v) is 5.09. The van der Waals surface area contributed by atoms with Crippen molar-refractivity contribution in [2.24, 2.45) is 4.99 Å². The number of allylic oxidation sites excluding steroid dienone is 1. The summed E-state index contributed by atoms with van der Waals surface area (Å²) in [5.41, 5.74) is 2.34. The molecule has 36 heavy (non-hydrogen) atoms. The first kappa shape index (κ1) is 25.4. The first-order chi connectivity index (χ1) is 17.5. The van der Waals surface area contributed by atoms with Crippen molar-refractivity contribution in [1.82, 2.24) is 4.57 Å². The number of fused-ring (bicyclic) bond motifs is 1. The summed E-state index contributed by atoms with van der Waals surface area (Å²) in [5, 5.41) is 0. The van der Waals surface area contributed by atoms with Gasteiger partial charge in [0.1, 0.15) is 11.5 Å². The second kappa shape index (κ2) is 11.4. The second-order valence-corrected chi connectivity index (χ2v) is 9.36. The number of carbonyl (C=O) groups excluding carboxylic acids is 1. The lowest BCUT2D eigenvalue weighted by atomic mass is 9.96. The summed E-state index contributed by atoms with van der Waals surface area (Å²) < 4.78 is 18.5. The van der Waals surface area contributed by atoms with Gasteiger partial charge in [0.05, 0.1) is 42.2 Å². The van der Waals surface area contributed by atoms with Crippen LogP contribution in [0.25, 0.3) is 6.08 Å². The number of ether oxygens (including phenoxy) is 3. The van der Waals surface area contributed by atoms with E-state index < -0.39 is 12.0 Å². The molecule has 0 saturated heterocycles. The van der Waals surface area contributed by atoms with Gasteiger partial charge < -0.3 is 14.2 Å². The molecule has 1 aliphatic heterocycles. The SMILES string of the molecule is CCCCOc1ccc(C=c2sc3n(c2=O)C(c2ccc(OC)cc2)C(C(=O)OCC)=C(C)N=3)cc1. The van der Waals surface area contributed by atoms with Crippen LogP contribution in [0.15, 0.2) is 69.6 Å². The Morgan fingerprint density at radius 2 is 1.78 bits per heavy atom. The Morgan fingerprint density at radius 3 is 2.42 bits per heavy atom. The van der Waals surface area contributed by atoms with E-state index in [1.54, 1.807) is 25.5 Å². The van der Waals surface area contributed by atoms with Gasteiger partial charge in [0, 0.05) is 0 Å². The van der Waals surface area contributed by atoms with Crippen molar-refractivity contribution in [1.29, 1.82) is 0 Å². The highest BCUT2D eigenvalue weighted by Crippen LogP contribution is 2.31. The van der Waals surface area contributed by atoms with Gasteiger partial charge in [-0.2, -0.15) is 0 Å². The molecule has 1 aromatic heterocycles. The molecule has 2 aromatic carbocycles. The second-order valence-electron chi connectivity index (χ2n) is 8.35. The number of nitrogens with zero attached hydrogens (tertiary/aromatic N) is 2. The minimum atomic E-state index is -0.650. The predicted octanol–water partition coefficient (Wildman–Crippen LogP) is 3.99.